The van der Waals surface area contributed by atoms with Gasteiger partial charge in [-0.05, 0) is 44.4 Å². The number of unbranched alkanes of at least 4 members (excludes halogenated alkanes) is 2. The van der Waals surface area contributed by atoms with E-state index in [-0.39, 0.29) is 38.1 Å². The van der Waals surface area contributed by atoms with Gasteiger partial charge >= 0.3 is 17.9 Å². The number of aliphatic hydroxyl groups is 1. The van der Waals surface area contributed by atoms with E-state index in [2.05, 4.69) is 27.7 Å². The molecule has 0 aromatic carbocycles. The largest absolute Gasteiger partial charge is 0.465 e. The number of hydrogen-bond donors (Lipinski definition) is 1. The summed E-state index contributed by atoms with van der Waals surface area (Å²) in [7, 11) is 0. The van der Waals surface area contributed by atoms with Crippen molar-refractivity contribution in [2.75, 3.05) is 19.8 Å². The fraction of sp³-hybridized carbons (Fsp3) is 0.900. The third-order valence-corrected chi connectivity index (χ3v) is 7.85. The normalized spacial score (nSPS) is 17.0. The van der Waals surface area contributed by atoms with Crippen molar-refractivity contribution in [3.63, 3.8) is 0 Å². The van der Waals surface area contributed by atoms with E-state index in [4.69, 9.17) is 25.8 Å². The van der Waals surface area contributed by atoms with Crippen LogP contribution in [0, 0.1) is 29.6 Å². The Labute approximate surface area is 236 Å². The molecule has 0 rings (SSSR count). The monoisotopic (exact) mass is 562 g/mol. The van der Waals surface area contributed by atoms with Crippen LogP contribution in [0.1, 0.15) is 113 Å². The van der Waals surface area contributed by atoms with Gasteiger partial charge in [0.2, 0.25) is 0 Å². The number of ether oxygens (including phenoxy) is 3. The predicted octanol–water partition coefficient (Wildman–Crippen LogP) is 6.71. The van der Waals surface area contributed by atoms with E-state index in [9.17, 15) is 19.5 Å². The van der Waals surface area contributed by atoms with Gasteiger partial charge in [-0.25, -0.2) is 0 Å². The summed E-state index contributed by atoms with van der Waals surface area (Å²) in [6.07, 6.45) is 7.65. The average molecular weight is 563 g/mol. The van der Waals surface area contributed by atoms with E-state index in [0.29, 0.717) is 6.42 Å². The van der Waals surface area contributed by atoms with Crippen LogP contribution in [0.3, 0.4) is 0 Å². The lowest BCUT2D eigenvalue weighted by molar-refractivity contribution is -0.165. The molecule has 7 unspecified atom stereocenters. The predicted molar refractivity (Wildman–Crippen MR) is 152 cm³/mol. The Morgan fingerprint density at radius 3 is 1.61 bits per heavy atom. The van der Waals surface area contributed by atoms with Gasteiger partial charge in [0.05, 0.1) is 37.1 Å². The summed E-state index contributed by atoms with van der Waals surface area (Å²) in [6.45, 7) is 13.8. The van der Waals surface area contributed by atoms with Crippen LogP contribution in [0.15, 0.2) is 0 Å². The second-order valence-corrected chi connectivity index (χ2v) is 11.3. The minimum atomic E-state index is -0.946. The fourth-order valence-corrected chi connectivity index (χ4v) is 4.71. The van der Waals surface area contributed by atoms with Crippen LogP contribution in [0.2, 0.25) is 0 Å². The van der Waals surface area contributed by atoms with E-state index in [0.717, 1.165) is 51.4 Å². The van der Waals surface area contributed by atoms with Crippen LogP contribution in [-0.4, -0.2) is 54.3 Å². The summed E-state index contributed by atoms with van der Waals surface area (Å²) in [5.41, 5.74) is 0. The number of alkyl halides is 1. The molecular formula is C30H55ClO7. The number of hydrogen-bond acceptors (Lipinski definition) is 7. The Morgan fingerprint density at radius 2 is 1.18 bits per heavy atom. The highest BCUT2D eigenvalue weighted by Gasteiger charge is 2.42. The maximum atomic E-state index is 13.5. The second-order valence-electron chi connectivity index (χ2n) is 10.8. The highest BCUT2D eigenvalue weighted by atomic mass is 35.5. The first-order valence-corrected chi connectivity index (χ1v) is 15.3. The van der Waals surface area contributed by atoms with Crippen LogP contribution < -0.4 is 0 Å². The van der Waals surface area contributed by atoms with Crippen molar-refractivity contribution in [2.45, 2.75) is 124 Å². The lowest BCUT2D eigenvalue weighted by Crippen LogP contribution is -2.40. The summed E-state index contributed by atoms with van der Waals surface area (Å²) in [5, 5.41) is 8.82. The molecule has 0 aromatic rings. The van der Waals surface area contributed by atoms with Gasteiger partial charge in [-0.2, -0.15) is 0 Å². The summed E-state index contributed by atoms with van der Waals surface area (Å²) in [4.78, 5) is 39.5. The molecule has 0 radical (unpaired) electrons. The van der Waals surface area contributed by atoms with Gasteiger partial charge < -0.3 is 19.3 Å². The molecule has 0 aliphatic rings. The maximum absolute atomic E-state index is 13.5. The Hall–Kier alpha value is -1.34. The van der Waals surface area contributed by atoms with Crippen molar-refractivity contribution in [3.05, 3.63) is 0 Å². The van der Waals surface area contributed by atoms with Gasteiger partial charge in [0.15, 0.2) is 0 Å². The molecule has 7 nitrogen and oxygen atoms in total. The first-order chi connectivity index (χ1) is 18.1. The van der Waals surface area contributed by atoms with Crippen molar-refractivity contribution in [1.82, 2.24) is 0 Å². The van der Waals surface area contributed by atoms with E-state index >= 15 is 0 Å². The third kappa shape index (κ3) is 14.7. The SMILES string of the molecule is CCCCC(CC)COC(=O)C(CC(C)C(=O)OCC(C)O)C(C(=O)OCC(CC)CCCC)C(Cl)CC. The Morgan fingerprint density at radius 1 is 0.711 bits per heavy atom. The molecule has 224 valence electrons. The van der Waals surface area contributed by atoms with Gasteiger partial charge in [-0.3, -0.25) is 14.4 Å². The zero-order valence-corrected chi connectivity index (χ0v) is 25.8. The molecule has 0 spiro atoms. The first-order valence-electron chi connectivity index (χ1n) is 14.9. The molecule has 0 aliphatic heterocycles. The maximum Gasteiger partial charge on any atom is 0.311 e. The highest BCUT2D eigenvalue weighted by Crippen LogP contribution is 2.32. The topological polar surface area (TPSA) is 99.1 Å². The molecule has 38 heavy (non-hydrogen) atoms. The van der Waals surface area contributed by atoms with Crippen LogP contribution in [0.25, 0.3) is 0 Å². The summed E-state index contributed by atoms with van der Waals surface area (Å²) >= 11 is 6.66. The molecule has 0 fully saturated rings. The van der Waals surface area contributed by atoms with Crippen LogP contribution in [0.5, 0.6) is 0 Å². The van der Waals surface area contributed by atoms with Crippen molar-refractivity contribution in [3.8, 4) is 0 Å². The van der Waals surface area contributed by atoms with Gasteiger partial charge in [-0.15, -0.1) is 11.6 Å². The molecule has 0 bridgehead atoms. The minimum Gasteiger partial charge on any atom is -0.465 e. The smallest absolute Gasteiger partial charge is 0.311 e. The number of halogens is 1. The Kier molecular flexibility index (Phi) is 20.7. The molecule has 0 saturated heterocycles. The molecule has 1 N–H and O–H groups in total. The highest BCUT2D eigenvalue weighted by molar-refractivity contribution is 6.22. The van der Waals surface area contributed by atoms with Gasteiger partial charge in [0.25, 0.3) is 0 Å². The lowest BCUT2D eigenvalue weighted by Gasteiger charge is -2.30. The summed E-state index contributed by atoms with van der Waals surface area (Å²) in [6, 6.07) is 0. The van der Waals surface area contributed by atoms with Gasteiger partial charge in [0.1, 0.15) is 6.61 Å². The number of esters is 3. The van der Waals surface area contributed by atoms with E-state index in [1.54, 1.807) is 6.92 Å². The van der Waals surface area contributed by atoms with Gasteiger partial charge in [0, 0.05) is 5.38 Å². The van der Waals surface area contributed by atoms with E-state index < -0.39 is 47.1 Å². The zero-order valence-electron chi connectivity index (χ0n) is 25.0. The molecular weight excluding hydrogens is 508 g/mol. The summed E-state index contributed by atoms with van der Waals surface area (Å²) < 4.78 is 16.7. The van der Waals surface area contributed by atoms with E-state index in [1.165, 1.54) is 6.92 Å². The summed E-state index contributed by atoms with van der Waals surface area (Å²) in [5.74, 6) is -3.70. The molecule has 0 saturated carbocycles. The van der Waals surface area contributed by atoms with Crippen molar-refractivity contribution in [1.29, 1.82) is 0 Å². The van der Waals surface area contributed by atoms with Crippen molar-refractivity contribution < 1.29 is 33.7 Å². The molecule has 0 aromatic heterocycles. The minimum absolute atomic E-state index is 0.0409. The molecule has 0 amide bonds. The van der Waals surface area contributed by atoms with E-state index in [1.807, 2.05) is 6.92 Å². The molecule has 0 heterocycles. The Balaban J connectivity index is 5.83. The zero-order chi connectivity index (χ0) is 29.1. The molecule has 0 aliphatic carbocycles. The standard InChI is InChI=1S/C30H55ClO7/c1-8-13-15-23(10-3)19-37-29(34)25(17-21(6)28(33)36-18-22(7)32)27(26(31)12-5)30(35)38-20-24(11-4)16-14-9-2/h21-27,32H,8-20H2,1-7H3. The Bertz CT molecular complexity index is 655. The van der Waals surface area contributed by atoms with Crippen LogP contribution >= 0.6 is 11.6 Å². The van der Waals surface area contributed by atoms with Crippen LogP contribution in [0.4, 0.5) is 0 Å². The third-order valence-electron chi connectivity index (χ3n) is 7.27. The van der Waals surface area contributed by atoms with Crippen molar-refractivity contribution in [2.24, 2.45) is 29.6 Å². The van der Waals surface area contributed by atoms with Crippen molar-refractivity contribution >= 4 is 29.5 Å². The number of rotatable bonds is 22. The molecule has 7 atom stereocenters. The second kappa shape index (κ2) is 21.5. The number of carbonyl (C=O) groups excluding carboxylic acids is 3. The fourth-order valence-electron chi connectivity index (χ4n) is 4.43. The number of aliphatic hydroxyl groups excluding tert-OH is 1. The van der Waals surface area contributed by atoms with Gasteiger partial charge in [-0.1, -0.05) is 80.1 Å². The quantitative estimate of drug-likeness (QED) is 0.0889. The number of carbonyl (C=O) groups is 3. The lowest BCUT2D eigenvalue weighted by atomic mass is 9.82. The van der Waals surface area contributed by atoms with Crippen LogP contribution in [-0.2, 0) is 28.6 Å². The average Bonchev–Trinajstić information content (AvgIpc) is 2.90. The molecule has 8 heteroatoms. The first kappa shape index (κ1) is 36.7.